The summed E-state index contributed by atoms with van der Waals surface area (Å²) >= 11 is 0. The van der Waals surface area contributed by atoms with Gasteiger partial charge in [0.05, 0.1) is 21.0 Å². The summed E-state index contributed by atoms with van der Waals surface area (Å²) < 4.78 is 61.6. The molecule has 1 aromatic heterocycles. The lowest BCUT2D eigenvalue weighted by molar-refractivity contribution is 0.112. The van der Waals surface area contributed by atoms with Crippen molar-refractivity contribution in [3.05, 3.63) is 124 Å². The van der Waals surface area contributed by atoms with Crippen LogP contribution in [0.5, 0.6) is 0 Å². The topological polar surface area (TPSA) is 119 Å². The van der Waals surface area contributed by atoms with Crippen molar-refractivity contribution in [2.24, 2.45) is 0 Å². The van der Waals surface area contributed by atoms with Gasteiger partial charge in [-0.2, -0.15) is 3.71 Å². The van der Waals surface area contributed by atoms with Crippen molar-refractivity contribution in [3.8, 4) is 11.1 Å². The molecule has 5 aromatic rings. The molecule has 0 bridgehead atoms. The lowest BCUT2D eigenvalue weighted by atomic mass is 10.0. The van der Waals surface area contributed by atoms with Crippen LogP contribution in [0, 0.1) is 13.8 Å². The minimum absolute atomic E-state index is 0.159. The highest BCUT2D eigenvalue weighted by atomic mass is 32.3. The van der Waals surface area contributed by atoms with Gasteiger partial charge in [0.1, 0.15) is 11.9 Å². The van der Waals surface area contributed by atoms with E-state index in [9.17, 15) is 26.4 Å². The van der Waals surface area contributed by atoms with Crippen molar-refractivity contribution in [1.82, 2.24) is 0 Å². The average molecular weight is 574 g/mol. The molecule has 0 amide bonds. The zero-order valence-electron chi connectivity index (χ0n) is 21.4. The zero-order chi connectivity index (χ0) is 28.7. The standard InChI is InChI=1S/C30H23NO7S2/c1-20-7-12-25(13-8-20)39(34,35)31(40(36,37)26-14-9-22(19-32)10-15-26)24-11-16-29-23(17-24)18-28(30(33)38-29)27-6-4-3-5-21(27)2/h3-19H,1-2H3. The van der Waals surface area contributed by atoms with Gasteiger partial charge in [0.15, 0.2) is 0 Å². The number of anilines is 1. The molecule has 0 fully saturated rings. The molecule has 1 heterocycles. The molecule has 5 rings (SSSR count). The van der Waals surface area contributed by atoms with Crippen LogP contribution in [-0.4, -0.2) is 23.1 Å². The third-order valence-electron chi connectivity index (χ3n) is 6.43. The molecule has 202 valence electrons. The van der Waals surface area contributed by atoms with Gasteiger partial charge in [-0.05, 0) is 73.5 Å². The van der Waals surface area contributed by atoms with Crippen LogP contribution in [0.3, 0.4) is 0 Å². The summed E-state index contributed by atoms with van der Waals surface area (Å²) in [5.41, 5.74) is 2.14. The van der Waals surface area contributed by atoms with Gasteiger partial charge in [-0.1, -0.05) is 54.1 Å². The smallest absolute Gasteiger partial charge is 0.344 e. The zero-order valence-corrected chi connectivity index (χ0v) is 23.1. The van der Waals surface area contributed by atoms with Crippen LogP contribution in [0.4, 0.5) is 5.69 Å². The van der Waals surface area contributed by atoms with Gasteiger partial charge in [-0.3, -0.25) is 4.79 Å². The highest BCUT2D eigenvalue weighted by Gasteiger charge is 2.37. The van der Waals surface area contributed by atoms with Crippen molar-refractivity contribution < 1.29 is 26.0 Å². The third-order valence-corrected chi connectivity index (χ3v) is 10.6. The second-order valence-electron chi connectivity index (χ2n) is 9.19. The van der Waals surface area contributed by atoms with Crippen molar-refractivity contribution in [2.45, 2.75) is 23.6 Å². The minimum Gasteiger partial charge on any atom is -0.422 e. The number of carbonyl (C=O) groups excluding carboxylic acids is 1. The molecule has 8 nitrogen and oxygen atoms in total. The highest BCUT2D eigenvalue weighted by molar-refractivity contribution is 8.10. The summed E-state index contributed by atoms with van der Waals surface area (Å²) in [5.74, 6) is 0. The summed E-state index contributed by atoms with van der Waals surface area (Å²) in [6, 6.07) is 23.5. The molecule has 4 aromatic carbocycles. The SMILES string of the molecule is Cc1ccc(S(=O)(=O)N(c2ccc3oc(=O)c(-c4ccccc4C)cc3c2)S(=O)(=O)c2ccc(C=O)cc2)cc1. The third kappa shape index (κ3) is 4.83. The van der Waals surface area contributed by atoms with Crippen LogP contribution in [-0.2, 0) is 20.0 Å². The first-order valence-corrected chi connectivity index (χ1v) is 15.0. The molecule has 0 unspecified atom stereocenters. The molecule has 0 saturated heterocycles. The van der Waals surface area contributed by atoms with E-state index in [1.807, 2.05) is 19.1 Å². The van der Waals surface area contributed by atoms with Crippen LogP contribution < -0.4 is 9.34 Å². The number of carbonyl (C=O) groups is 1. The van der Waals surface area contributed by atoms with Crippen LogP contribution in [0.15, 0.2) is 116 Å². The van der Waals surface area contributed by atoms with E-state index in [4.69, 9.17) is 4.42 Å². The summed E-state index contributed by atoms with van der Waals surface area (Å²) in [7, 11) is -9.36. The number of nitrogens with zero attached hydrogens (tertiary/aromatic N) is 1. The number of aryl methyl sites for hydroxylation is 2. The molecule has 0 radical (unpaired) electrons. The first kappa shape index (κ1) is 27.0. The van der Waals surface area contributed by atoms with Crippen LogP contribution in [0.1, 0.15) is 21.5 Å². The predicted octanol–water partition coefficient (Wildman–Crippen LogP) is 5.47. The van der Waals surface area contributed by atoms with E-state index in [-0.39, 0.29) is 32.2 Å². The lowest BCUT2D eigenvalue weighted by Crippen LogP contribution is -2.37. The molecule has 0 N–H and O–H groups in total. The Morgan fingerprint density at radius 2 is 1.30 bits per heavy atom. The maximum absolute atomic E-state index is 13.9. The first-order chi connectivity index (χ1) is 19.0. The Labute approximate surface area is 231 Å². The van der Waals surface area contributed by atoms with E-state index in [0.29, 0.717) is 20.9 Å². The van der Waals surface area contributed by atoms with E-state index in [1.54, 1.807) is 37.3 Å². The number of aldehydes is 1. The molecular weight excluding hydrogens is 550 g/mol. The fraction of sp³-hybridized carbons (Fsp3) is 0.0667. The van der Waals surface area contributed by atoms with Gasteiger partial charge >= 0.3 is 5.63 Å². The Morgan fingerprint density at radius 3 is 1.90 bits per heavy atom. The van der Waals surface area contributed by atoms with Crippen molar-refractivity contribution in [2.75, 3.05) is 3.71 Å². The molecule has 0 aliphatic rings. The second kappa shape index (κ2) is 10.2. The summed E-state index contributed by atoms with van der Waals surface area (Å²) in [4.78, 5) is 23.3. The quantitative estimate of drug-likeness (QED) is 0.187. The highest BCUT2D eigenvalue weighted by Crippen LogP contribution is 2.34. The molecule has 0 aliphatic carbocycles. The maximum Gasteiger partial charge on any atom is 0.344 e. The molecule has 0 atom stereocenters. The molecule has 0 spiro atoms. The number of rotatable bonds is 7. The monoisotopic (exact) mass is 573 g/mol. The number of hydrogen-bond donors (Lipinski definition) is 0. The Kier molecular flexibility index (Phi) is 6.91. The number of sulfonamides is 2. The van der Waals surface area contributed by atoms with Gasteiger partial charge in [-0.15, -0.1) is 0 Å². The Balaban J connectivity index is 1.75. The Bertz CT molecular complexity index is 2030. The molecule has 0 aliphatic heterocycles. The van der Waals surface area contributed by atoms with E-state index < -0.39 is 25.7 Å². The molecular formula is C30H23NO7S2. The number of benzene rings is 4. The van der Waals surface area contributed by atoms with Crippen LogP contribution in [0.25, 0.3) is 22.1 Å². The molecule has 10 heteroatoms. The van der Waals surface area contributed by atoms with Gasteiger partial charge in [-0.25, -0.2) is 21.6 Å². The van der Waals surface area contributed by atoms with Gasteiger partial charge < -0.3 is 4.42 Å². The predicted molar refractivity (Wildman–Crippen MR) is 153 cm³/mol. The maximum atomic E-state index is 13.9. The van der Waals surface area contributed by atoms with Crippen molar-refractivity contribution >= 4 is 43.0 Å². The van der Waals surface area contributed by atoms with E-state index in [0.717, 1.165) is 11.1 Å². The Hall–Kier alpha value is -4.54. The normalized spacial score (nSPS) is 11.8. The van der Waals surface area contributed by atoms with E-state index >= 15 is 0 Å². The summed E-state index contributed by atoms with van der Waals surface area (Å²) in [6.07, 6.45) is 0.556. The summed E-state index contributed by atoms with van der Waals surface area (Å²) in [6.45, 7) is 3.62. The lowest BCUT2D eigenvalue weighted by Gasteiger charge is -2.24. The second-order valence-corrected chi connectivity index (χ2v) is 13.0. The van der Waals surface area contributed by atoms with Crippen LogP contribution in [0.2, 0.25) is 0 Å². The largest absolute Gasteiger partial charge is 0.422 e. The fourth-order valence-electron chi connectivity index (χ4n) is 4.31. The van der Waals surface area contributed by atoms with Gasteiger partial charge in [0.25, 0.3) is 20.0 Å². The first-order valence-electron chi connectivity index (χ1n) is 12.1. The number of fused-ring (bicyclic) bond motifs is 1. The molecule has 40 heavy (non-hydrogen) atoms. The fourth-order valence-corrected chi connectivity index (χ4v) is 7.99. The summed E-state index contributed by atoms with van der Waals surface area (Å²) in [5, 5.41) is 0.325. The van der Waals surface area contributed by atoms with E-state index in [2.05, 4.69) is 0 Å². The number of hydrogen-bond acceptors (Lipinski definition) is 7. The van der Waals surface area contributed by atoms with Crippen molar-refractivity contribution in [1.29, 1.82) is 0 Å². The molecule has 0 saturated carbocycles. The Morgan fingerprint density at radius 1 is 0.700 bits per heavy atom. The minimum atomic E-state index is -4.70. The van der Waals surface area contributed by atoms with Crippen molar-refractivity contribution in [3.63, 3.8) is 0 Å². The van der Waals surface area contributed by atoms with Gasteiger partial charge in [0, 0.05) is 10.9 Å². The van der Waals surface area contributed by atoms with E-state index in [1.165, 1.54) is 54.6 Å². The van der Waals surface area contributed by atoms with Crippen LogP contribution >= 0.6 is 0 Å². The van der Waals surface area contributed by atoms with Gasteiger partial charge in [0.2, 0.25) is 0 Å². The average Bonchev–Trinajstić information content (AvgIpc) is 2.93.